The van der Waals surface area contributed by atoms with Gasteiger partial charge in [0.25, 0.3) is 0 Å². The van der Waals surface area contributed by atoms with Gasteiger partial charge in [-0.25, -0.2) is 8.42 Å². The summed E-state index contributed by atoms with van der Waals surface area (Å²) in [4.78, 5) is 1.90. The normalized spacial score (nSPS) is 15.0. The number of aromatic amines is 1. The Morgan fingerprint density at radius 2 is 1.92 bits per heavy atom. The summed E-state index contributed by atoms with van der Waals surface area (Å²) >= 11 is 6.12. The first-order valence-electron chi connectivity index (χ1n) is 7.15. The predicted molar refractivity (Wildman–Crippen MR) is 92.9 cm³/mol. The van der Waals surface area contributed by atoms with Crippen molar-refractivity contribution in [2.24, 2.45) is 0 Å². The number of nitrogens with zero attached hydrogens (tertiary/aromatic N) is 2. The van der Waals surface area contributed by atoms with Crippen LogP contribution in [-0.2, 0) is 9.84 Å². The van der Waals surface area contributed by atoms with Gasteiger partial charge in [-0.2, -0.15) is 5.10 Å². The van der Waals surface area contributed by atoms with Gasteiger partial charge in [0, 0.05) is 5.02 Å². The van der Waals surface area contributed by atoms with Crippen LogP contribution in [0.15, 0.2) is 52.3 Å². The van der Waals surface area contributed by atoms with Crippen LogP contribution in [0.2, 0.25) is 5.02 Å². The van der Waals surface area contributed by atoms with E-state index in [0.29, 0.717) is 10.7 Å². The second-order valence-corrected chi connectivity index (χ2v) is 7.82. The van der Waals surface area contributed by atoms with Crippen molar-refractivity contribution in [3.63, 3.8) is 0 Å². The molecule has 0 bridgehead atoms. The Bertz CT molecular complexity index is 1080. The molecule has 0 saturated heterocycles. The molecule has 1 aliphatic rings. The van der Waals surface area contributed by atoms with E-state index in [1.165, 1.54) is 6.07 Å². The molecule has 0 spiro atoms. The molecule has 0 amide bonds. The lowest BCUT2D eigenvalue weighted by atomic mass is 10.1. The number of para-hydroxylation sites is 1. The van der Waals surface area contributed by atoms with Gasteiger partial charge in [0.15, 0.2) is 10.7 Å². The van der Waals surface area contributed by atoms with Crippen molar-refractivity contribution < 1.29 is 8.42 Å². The summed E-state index contributed by atoms with van der Waals surface area (Å²) in [7, 11) is -3.78. The third-order valence-corrected chi connectivity index (χ3v) is 6.12. The summed E-state index contributed by atoms with van der Waals surface area (Å²) in [5.74, 6) is 0.265. The summed E-state index contributed by atoms with van der Waals surface area (Å²) in [5.41, 5.74) is 8.08. The highest BCUT2D eigenvalue weighted by Crippen LogP contribution is 2.49. The number of nitrogens with one attached hydrogen (secondary N) is 1. The van der Waals surface area contributed by atoms with E-state index in [1.807, 2.05) is 31.2 Å². The van der Waals surface area contributed by atoms with Crippen LogP contribution in [-0.4, -0.2) is 18.6 Å². The van der Waals surface area contributed by atoms with Gasteiger partial charge in [0.1, 0.15) is 5.82 Å². The molecular formula is C16H13ClN4O2S. The third kappa shape index (κ3) is 1.95. The maximum absolute atomic E-state index is 12.9. The standard InChI is InChI=1S/C16H13ClN4O2S/c1-9-4-2-3-5-11(9)21-12-8-10(17)6-7-13(12)24(22,23)14-15(18)19-20-16(14)21/h2-8H,1H3,(H3,18,19,20). The van der Waals surface area contributed by atoms with Gasteiger partial charge in [-0.1, -0.05) is 29.8 Å². The van der Waals surface area contributed by atoms with Crippen LogP contribution < -0.4 is 10.6 Å². The van der Waals surface area contributed by atoms with E-state index in [2.05, 4.69) is 10.2 Å². The minimum Gasteiger partial charge on any atom is -0.383 e. The number of nitrogens with two attached hydrogens (primary N) is 1. The van der Waals surface area contributed by atoms with Crippen LogP contribution >= 0.6 is 11.6 Å². The van der Waals surface area contributed by atoms with E-state index in [1.54, 1.807) is 17.0 Å². The highest BCUT2D eigenvalue weighted by molar-refractivity contribution is 7.92. The van der Waals surface area contributed by atoms with E-state index in [4.69, 9.17) is 17.3 Å². The van der Waals surface area contributed by atoms with Crippen LogP contribution in [0, 0.1) is 6.92 Å². The third-order valence-electron chi connectivity index (χ3n) is 4.02. The number of anilines is 4. The van der Waals surface area contributed by atoms with Crippen molar-refractivity contribution >= 4 is 44.4 Å². The number of H-pyrrole nitrogens is 1. The van der Waals surface area contributed by atoms with Crippen molar-refractivity contribution in [1.82, 2.24) is 10.2 Å². The largest absolute Gasteiger partial charge is 0.383 e. The summed E-state index contributed by atoms with van der Waals surface area (Å²) in [6.07, 6.45) is 0. The number of benzene rings is 2. The van der Waals surface area contributed by atoms with Gasteiger partial charge < -0.3 is 5.73 Å². The maximum atomic E-state index is 12.9. The zero-order valence-electron chi connectivity index (χ0n) is 12.6. The molecule has 1 aromatic heterocycles. The molecule has 0 radical (unpaired) electrons. The second-order valence-electron chi connectivity index (χ2n) is 5.53. The first-order chi connectivity index (χ1) is 11.4. The Kier molecular flexibility index (Phi) is 3.13. The van der Waals surface area contributed by atoms with E-state index in [9.17, 15) is 8.42 Å². The Labute approximate surface area is 143 Å². The smallest absolute Gasteiger partial charge is 0.216 e. The number of sulfone groups is 1. The number of fused-ring (bicyclic) bond motifs is 2. The molecule has 0 fully saturated rings. The molecule has 3 aromatic rings. The van der Waals surface area contributed by atoms with Gasteiger partial charge in [0.05, 0.1) is 16.3 Å². The molecule has 0 saturated carbocycles. The zero-order valence-corrected chi connectivity index (χ0v) is 14.2. The number of aryl methyl sites for hydroxylation is 1. The highest BCUT2D eigenvalue weighted by Gasteiger charge is 2.39. The molecular weight excluding hydrogens is 348 g/mol. The number of halogens is 1. The van der Waals surface area contributed by atoms with Crippen LogP contribution in [0.1, 0.15) is 5.56 Å². The van der Waals surface area contributed by atoms with Crippen molar-refractivity contribution in [2.75, 3.05) is 10.6 Å². The van der Waals surface area contributed by atoms with Crippen molar-refractivity contribution in [3.8, 4) is 0 Å². The average molecular weight is 361 g/mol. The maximum Gasteiger partial charge on any atom is 0.216 e. The number of hydrogen-bond donors (Lipinski definition) is 2. The average Bonchev–Trinajstić information content (AvgIpc) is 2.91. The Balaban J connectivity index is 2.13. The molecule has 1 aliphatic heterocycles. The first-order valence-corrected chi connectivity index (χ1v) is 9.01. The van der Waals surface area contributed by atoms with E-state index in [-0.39, 0.29) is 21.4 Å². The molecule has 8 heteroatoms. The Morgan fingerprint density at radius 3 is 2.67 bits per heavy atom. The lowest BCUT2D eigenvalue weighted by Crippen LogP contribution is -2.22. The zero-order chi connectivity index (χ0) is 17.1. The number of nitrogen functional groups attached to an aromatic ring is 1. The molecule has 6 nitrogen and oxygen atoms in total. The number of aromatic nitrogens is 2. The molecule has 0 aliphatic carbocycles. The first kappa shape index (κ1) is 15.0. The lowest BCUT2D eigenvalue weighted by Gasteiger charge is -2.30. The molecule has 24 heavy (non-hydrogen) atoms. The minimum atomic E-state index is -3.78. The monoisotopic (exact) mass is 360 g/mol. The van der Waals surface area contributed by atoms with Crippen LogP contribution in [0.3, 0.4) is 0 Å². The molecule has 0 atom stereocenters. The SMILES string of the molecule is Cc1ccccc1N1c2cc(Cl)ccc2S(=O)(=O)c2c1n[nH]c2N. The fraction of sp³-hybridized carbons (Fsp3) is 0.0625. The van der Waals surface area contributed by atoms with Crippen LogP contribution in [0.4, 0.5) is 23.0 Å². The van der Waals surface area contributed by atoms with Crippen molar-refractivity contribution in [2.45, 2.75) is 16.7 Å². The van der Waals surface area contributed by atoms with Gasteiger partial charge in [-0.15, -0.1) is 0 Å². The summed E-state index contributed by atoms with van der Waals surface area (Å²) in [6.45, 7) is 1.94. The summed E-state index contributed by atoms with van der Waals surface area (Å²) < 4.78 is 25.9. The fourth-order valence-corrected chi connectivity index (χ4v) is 4.70. The van der Waals surface area contributed by atoms with Gasteiger partial charge in [-0.05, 0) is 36.8 Å². The van der Waals surface area contributed by atoms with Gasteiger partial charge >= 0.3 is 0 Å². The van der Waals surface area contributed by atoms with E-state index >= 15 is 0 Å². The van der Waals surface area contributed by atoms with Crippen molar-refractivity contribution in [1.29, 1.82) is 0 Å². The summed E-state index contributed by atoms with van der Waals surface area (Å²) in [5, 5.41) is 7.15. The molecule has 2 aromatic carbocycles. The number of rotatable bonds is 1. The molecule has 3 N–H and O–H groups in total. The second kappa shape index (κ2) is 4.99. The molecule has 4 rings (SSSR count). The van der Waals surface area contributed by atoms with Gasteiger partial charge in [0.2, 0.25) is 9.84 Å². The Morgan fingerprint density at radius 1 is 1.17 bits per heavy atom. The number of hydrogen-bond acceptors (Lipinski definition) is 5. The fourth-order valence-electron chi connectivity index (χ4n) is 2.93. The quantitative estimate of drug-likeness (QED) is 0.541. The molecule has 2 heterocycles. The molecule has 122 valence electrons. The predicted octanol–water partition coefficient (Wildman–Crippen LogP) is 3.57. The topological polar surface area (TPSA) is 92.1 Å². The minimum absolute atomic E-state index is 0.0134. The molecule has 0 unspecified atom stereocenters. The van der Waals surface area contributed by atoms with Crippen molar-refractivity contribution in [3.05, 3.63) is 53.1 Å². The van der Waals surface area contributed by atoms with E-state index < -0.39 is 9.84 Å². The van der Waals surface area contributed by atoms with Gasteiger partial charge in [-0.3, -0.25) is 10.00 Å². The summed E-state index contributed by atoms with van der Waals surface area (Å²) in [6, 6.07) is 12.3. The van der Waals surface area contributed by atoms with Crippen LogP contribution in [0.25, 0.3) is 0 Å². The van der Waals surface area contributed by atoms with E-state index in [0.717, 1.165) is 11.3 Å². The lowest BCUT2D eigenvalue weighted by molar-refractivity contribution is 0.595. The highest BCUT2D eigenvalue weighted by atomic mass is 35.5. The van der Waals surface area contributed by atoms with Crippen LogP contribution in [0.5, 0.6) is 0 Å². The Hall–Kier alpha value is -2.51.